The van der Waals surface area contributed by atoms with Crippen molar-refractivity contribution in [2.24, 2.45) is 5.73 Å². The van der Waals surface area contributed by atoms with Crippen LogP contribution in [0.1, 0.15) is 38.3 Å². The molecular weight excluding hydrogens is 264 g/mol. The molecule has 0 unspecified atom stereocenters. The number of nitrogens with two attached hydrogens (primary N) is 1. The van der Waals surface area contributed by atoms with Gasteiger partial charge in [0.25, 0.3) is 0 Å². The average molecular weight is 288 g/mol. The first kappa shape index (κ1) is 15.5. The van der Waals surface area contributed by atoms with Crippen molar-refractivity contribution in [1.29, 1.82) is 0 Å². The monoisotopic (exact) mass is 288 g/mol. The minimum absolute atomic E-state index is 0.399. The molecule has 0 saturated heterocycles. The highest BCUT2D eigenvalue weighted by molar-refractivity contribution is 5.62. The molecule has 5 heteroatoms. The number of rotatable bonds is 8. The van der Waals surface area contributed by atoms with Crippen molar-refractivity contribution in [3.05, 3.63) is 30.0 Å². The van der Waals surface area contributed by atoms with E-state index in [0.29, 0.717) is 6.54 Å². The number of aryl methyl sites for hydroxylation is 1. The van der Waals surface area contributed by atoms with E-state index in [0.717, 1.165) is 35.7 Å². The van der Waals surface area contributed by atoms with Crippen LogP contribution < -0.4 is 10.5 Å². The predicted octanol–water partition coefficient (Wildman–Crippen LogP) is 2.99. The molecule has 0 aliphatic rings. The fourth-order valence-electron chi connectivity index (χ4n) is 2.40. The Morgan fingerprint density at radius 3 is 2.52 bits per heavy atom. The predicted molar refractivity (Wildman–Crippen MR) is 84.0 cm³/mol. The SMILES string of the molecule is CCCCCCn1nnc(CN)c1-c1ccc(OC)cc1. The van der Waals surface area contributed by atoms with E-state index in [4.69, 9.17) is 10.5 Å². The lowest BCUT2D eigenvalue weighted by molar-refractivity contribution is 0.415. The van der Waals surface area contributed by atoms with Crippen molar-refractivity contribution >= 4 is 0 Å². The molecule has 5 nitrogen and oxygen atoms in total. The van der Waals surface area contributed by atoms with Gasteiger partial charge < -0.3 is 10.5 Å². The highest BCUT2D eigenvalue weighted by atomic mass is 16.5. The first-order valence-electron chi connectivity index (χ1n) is 7.57. The summed E-state index contributed by atoms with van der Waals surface area (Å²) in [6.07, 6.45) is 4.83. The molecule has 1 aromatic carbocycles. The van der Waals surface area contributed by atoms with Gasteiger partial charge in [-0.1, -0.05) is 31.4 Å². The van der Waals surface area contributed by atoms with Gasteiger partial charge in [0.1, 0.15) is 11.4 Å². The fraction of sp³-hybridized carbons (Fsp3) is 0.500. The van der Waals surface area contributed by atoms with Gasteiger partial charge in [0.05, 0.1) is 12.8 Å². The molecule has 0 aliphatic carbocycles. The van der Waals surface area contributed by atoms with Crippen LogP contribution in [0, 0.1) is 0 Å². The van der Waals surface area contributed by atoms with E-state index in [-0.39, 0.29) is 0 Å². The zero-order valence-electron chi connectivity index (χ0n) is 12.9. The Bertz CT molecular complexity index is 548. The van der Waals surface area contributed by atoms with Crippen LogP contribution in [0.15, 0.2) is 24.3 Å². The van der Waals surface area contributed by atoms with Gasteiger partial charge >= 0.3 is 0 Å². The van der Waals surface area contributed by atoms with Crippen LogP contribution >= 0.6 is 0 Å². The Balaban J connectivity index is 2.20. The second-order valence-corrected chi connectivity index (χ2v) is 5.10. The topological polar surface area (TPSA) is 66.0 Å². The van der Waals surface area contributed by atoms with Gasteiger partial charge in [-0.3, -0.25) is 0 Å². The van der Waals surface area contributed by atoms with Crippen LogP contribution in [0.4, 0.5) is 0 Å². The van der Waals surface area contributed by atoms with Gasteiger partial charge in [0.15, 0.2) is 0 Å². The van der Waals surface area contributed by atoms with E-state index in [1.165, 1.54) is 19.3 Å². The smallest absolute Gasteiger partial charge is 0.118 e. The summed E-state index contributed by atoms with van der Waals surface area (Å²) in [5, 5.41) is 8.47. The lowest BCUT2D eigenvalue weighted by atomic mass is 10.1. The highest BCUT2D eigenvalue weighted by Crippen LogP contribution is 2.25. The van der Waals surface area contributed by atoms with Gasteiger partial charge in [-0.25, -0.2) is 4.68 Å². The summed E-state index contributed by atoms with van der Waals surface area (Å²) < 4.78 is 7.17. The van der Waals surface area contributed by atoms with Crippen molar-refractivity contribution < 1.29 is 4.74 Å². The molecule has 2 rings (SSSR count). The van der Waals surface area contributed by atoms with Crippen LogP contribution in [-0.4, -0.2) is 22.1 Å². The first-order valence-corrected chi connectivity index (χ1v) is 7.57. The van der Waals surface area contributed by atoms with E-state index < -0.39 is 0 Å². The van der Waals surface area contributed by atoms with E-state index in [2.05, 4.69) is 17.2 Å². The van der Waals surface area contributed by atoms with Crippen molar-refractivity contribution in [2.45, 2.75) is 45.7 Å². The Morgan fingerprint density at radius 1 is 1.14 bits per heavy atom. The minimum atomic E-state index is 0.399. The van der Waals surface area contributed by atoms with Crippen molar-refractivity contribution in [3.63, 3.8) is 0 Å². The van der Waals surface area contributed by atoms with Gasteiger partial charge in [0, 0.05) is 18.7 Å². The number of unbranched alkanes of at least 4 members (excludes halogenated alkanes) is 3. The summed E-state index contributed by atoms with van der Waals surface area (Å²) in [6, 6.07) is 7.95. The number of nitrogens with zero attached hydrogens (tertiary/aromatic N) is 3. The summed E-state index contributed by atoms with van der Waals surface area (Å²) in [4.78, 5) is 0. The molecule has 1 heterocycles. The average Bonchev–Trinajstić information content (AvgIpc) is 2.94. The second-order valence-electron chi connectivity index (χ2n) is 5.10. The van der Waals surface area contributed by atoms with Crippen LogP contribution in [0.25, 0.3) is 11.3 Å². The third-order valence-electron chi connectivity index (χ3n) is 3.59. The molecule has 0 saturated carbocycles. The Kier molecular flexibility index (Phi) is 5.75. The summed E-state index contributed by atoms with van der Waals surface area (Å²) in [5.41, 5.74) is 8.74. The van der Waals surface area contributed by atoms with Crippen LogP contribution in [0.5, 0.6) is 5.75 Å². The Labute approximate surface area is 126 Å². The molecule has 0 amide bonds. The molecule has 21 heavy (non-hydrogen) atoms. The van der Waals surface area contributed by atoms with Crippen LogP contribution in [-0.2, 0) is 13.1 Å². The summed E-state index contributed by atoms with van der Waals surface area (Å²) in [6.45, 7) is 3.50. The lowest BCUT2D eigenvalue weighted by Gasteiger charge is -2.08. The normalized spacial score (nSPS) is 10.8. The molecule has 0 atom stereocenters. The molecule has 0 spiro atoms. The van der Waals surface area contributed by atoms with Crippen molar-refractivity contribution in [2.75, 3.05) is 7.11 Å². The molecular formula is C16H24N4O. The number of hydrogen-bond acceptors (Lipinski definition) is 4. The van der Waals surface area contributed by atoms with Gasteiger partial charge in [0.2, 0.25) is 0 Å². The maximum absolute atomic E-state index is 5.79. The van der Waals surface area contributed by atoms with Crippen molar-refractivity contribution in [1.82, 2.24) is 15.0 Å². The van der Waals surface area contributed by atoms with Gasteiger partial charge in [-0.2, -0.15) is 0 Å². The Morgan fingerprint density at radius 2 is 1.90 bits per heavy atom. The molecule has 1 aromatic heterocycles. The van der Waals surface area contributed by atoms with E-state index in [9.17, 15) is 0 Å². The van der Waals surface area contributed by atoms with Gasteiger partial charge in [-0.05, 0) is 30.7 Å². The quantitative estimate of drug-likeness (QED) is 0.758. The second kappa shape index (κ2) is 7.78. The maximum atomic E-state index is 5.79. The zero-order valence-corrected chi connectivity index (χ0v) is 12.9. The van der Waals surface area contributed by atoms with E-state index in [1.54, 1.807) is 7.11 Å². The van der Waals surface area contributed by atoms with Crippen LogP contribution in [0.3, 0.4) is 0 Å². The fourth-order valence-corrected chi connectivity index (χ4v) is 2.40. The summed E-state index contributed by atoms with van der Waals surface area (Å²) in [5.74, 6) is 0.843. The molecule has 0 radical (unpaired) electrons. The molecule has 0 aliphatic heterocycles. The third kappa shape index (κ3) is 3.82. The third-order valence-corrected chi connectivity index (χ3v) is 3.59. The molecule has 2 N–H and O–H groups in total. The standard InChI is InChI=1S/C16H24N4O/c1-3-4-5-6-11-20-16(15(12-17)18-19-20)13-7-9-14(21-2)10-8-13/h7-10H,3-6,11-12,17H2,1-2H3. The largest absolute Gasteiger partial charge is 0.497 e. The summed E-state index contributed by atoms with van der Waals surface area (Å²) in [7, 11) is 1.67. The number of benzene rings is 1. The minimum Gasteiger partial charge on any atom is -0.497 e. The number of aromatic nitrogens is 3. The number of hydrogen-bond donors (Lipinski definition) is 1. The molecule has 0 bridgehead atoms. The number of ether oxygens (including phenoxy) is 1. The van der Waals surface area contributed by atoms with Crippen molar-refractivity contribution in [3.8, 4) is 17.0 Å². The molecule has 2 aromatic rings. The first-order chi connectivity index (χ1) is 10.3. The van der Waals surface area contributed by atoms with Gasteiger partial charge in [-0.15, -0.1) is 5.10 Å². The maximum Gasteiger partial charge on any atom is 0.118 e. The Hall–Kier alpha value is -1.88. The molecule has 114 valence electrons. The van der Waals surface area contributed by atoms with E-state index in [1.807, 2.05) is 28.9 Å². The van der Waals surface area contributed by atoms with Crippen LogP contribution in [0.2, 0.25) is 0 Å². The van der Waals surface area contributed by atoms with E-state index >= 15 is 0 Å². The zero-order chi connectivity index (χ0) is 15.1. The summed E-state index contributed by atoms with van der Waals surface area (Å²) >= 11 is 0. The number of methoxy groups -OCH3 is 1. The molecule has 0 fully saturated rings. The lowest BCUT2D eigenvalue weighted by Crippen LogP contribution is -2.05. The highest BCUT2D eigenvalue weighted by Gasteiger charge is 2.13.